The first-order valence-corrected chi connectivity index (χ1v) is 12.3. The van der Waals surface area contributed by atoms with Crippen molar-refractivity contribution < 1.29 is 22.7 Å². The molecule has 28 heavy (non-hydrogen) atoms. The Bertz CT molecular complexity index is 971. The normalized spacial score (nSPS) is 18.0. The van der Waals surface area contributed by atoms with E-state index >= 15 is 0 Å². The fourth-order valence-corrected chi connectivity index (χ4v) is 6.10. The lowest BCUT2D eigenvalue weighted by Gasteiger charge is -2.12. The lowest BCUT2D eigenvalue weighted by molar-refractivity contribution is -0.124. The van der Waals surface area contributed by atoms with Crippen LogP contribution in [0.15, 0.2) is 34.5 Å². The fraction of sp³-hybridized carbons (Fsp3) is 0.389. The summed E-state index contributed by atoms with van der Waals surface area (Å²) in [6.45, 7) is 1.50. The van der Waals surface area contributed by atoms with E-state index in [0.29, 0.717) is 17.7 Å². The maximum atomic E-state index is 12.4. The molecule has 1 aliphatic rings. The van der Waals surface area contributed by atoms with Gasteiger partial charge in [-0.2, -0.15) is 0 Å². The van der Waals surface area contributed by atoms with Crippen LogP contribution in [-0.4, -0.2) is 49.4 Å². The molecule has 3 rings (SSSR count). The second-order valence-corrected chi connectivity index (χ2v) is 10.7. The predicted molar refractivity (Wildman–Crippen MR) is 108 cm³/mol. The predicted octanol–water partition coefficient (Wildman–Crippen LogP) is 2.20. The van der Waals surface area contributed by atoms with E-state index < -0.39 is 34.4 Å². The molecule has 1 aliphatic heterocycles. The van der Waals surface area contributed by atoms with Crippen molar-refractivity contribution in [3.05, 3.63) is 45.9 Å². The molecular formula is C18H20N2O5S3. The van der Waals surface area contributed by atoms with Gasteiger partial charge in [-0.25, -0.2) is 18.2 Å². The van der Waals surface area contributed by atoms with E-state index in [2.05, 4.69) is 10.3 Å². The van der Waals surface area contributed by atoms with Crippen LogP contribution in [-0.2, 0) is 25.1 Å². The second kappa shape index (κ2) is 9.06. The summed E-state index contributed by atoms with van der Waals surface area (Å²) >= 11 is 3.05. The van der Waals surface area contributed by atoms with Crippen LogP contribution in [0.4, 0.5) is 0 Å². The van der Waals surface area contributed by atoms with E-state index in [0.717, 1.165) is 15.6 Å². The zero-order valence-corrected chi connectivity index (χ0v) is 17.7. The number of esters is 1. The van der Waals surface area contributed by atoms with Gasteiger partial charge in [0.2, 0.25) is 0 Å². The van der Waals surface area contributed by atoms with Gasteiger partial charge in [0.25, 0.3) is 5.91 Å². The highest BCUT2D eigenvalue weighted by Crippen LogP contribution is 2.27. The van der Waals surface area contributed by atoms with Crippen LogP contribution in [0, 0.1) is 6.92 Å². The van der Waals surface area contributed by atoms with Gasteiger partial charge in [-0.15, -0.1) is 23.1 Å². The molecule has 1 N–H and O–H groups in total. The van der Waals surface area contributed by atoms with E-state index in [-0.39, 0.29) is 11.5 Å². The number of ether oxygens (including phenoxy) is 1. The Morgan fingerprint density at radius 2 is 2.14 bits per heavy atom. The average Bonchev–Trinajstić information content (AvgIpc) is 3.22. The number of rotatable bonds is 7. The summed E-state index contributed by atoms with van der Waals surface area (Å²) in [5, 5.41) is 5.57. The number of aryl methyl sites for hydroxylation is 1. The molecule has 1 amide bonds. The second-order valence-electron chi connectivity index (χ2n) is 6.39. The van der Waals surface area contributed by atoms with E-state index in [4.69, 9.17) is 4.74 Å². The highest BCUT2D eigenvalue weighted by Gasteiger charge is 2.29. The zero-order chi connectivity index (χ0) is 20.1. The van der Waals surface area contributed by atoms with Gasteiger partial charge in [-0.05, 0) is 25.5 Å². The minimum atomic E-state index is -3.08. The Kier molecular flexibility index (Phi) is 6.73. The number of hydrogen-bond acceptors (Lipinski definition) is 8. The lowest BCUT2D eigenvalue weighted by Crippen LogP contribution is -2.38. The molecule has 1 unspecified atom stereocenters. The fourth-order valence-electron chi connectivity index (χ4n) is 2.77. The third kappa shape index (κ3) is 5.79. The molecule has 1 atom stereocenters. The van der Waals surface area contributed by atoms with Gasteiger partial charge in [0.05, 0.1) is 27.8 Å². The molecule has 1 aromatic heterocycles. The van der Waals surface area contributed by atoms with Crippen molar-refractivity contribution in [3.63, 3.8) is 0 Å². The Balaban J connectivity index is 1.53. The van der Waals surface area contributed by atoms with E-state index in [1.807, 2.05) is 24.4 Å². The molecule has 2 aromatic rings. The molecule has 1 saturated heterocycles. The molecule has 2 heterocycles. The van der Waals surface area contributed by atoms with Gasteiger partial charge in [0, 0.05) is 22.1 Å². The first-order chi connectivity index (χ1) is 13.3. The van der Waals surface area contributed by atoms with Crippen molar-refractivity contribution in [2.75, 3.05) is 18.1 Å². The van der Waals surface area contributed by atoms with Gasteiger partial charge in [-0.1, -0.05) is 12.1 Å². The summed E-state index contributed by atoms with van der Waals surface area (Å²) in [6, 6.07) is 6.62. The molecule has 0 spiro atoms. The Morgan fingerprint density at radius 3 is 2.82 bits per heavy atom. The van der Waals surface area contributed by atoms with Crippen LogP contribution in [0.25, 0.3) is 0 Å². The van der Waals surface area contributed by atoms with Crippen molar-refractivity contribution >= 4 is 44.8 Å². The summed E-state index contributed by atoms with van der Waals surface area (Å²) < 4.78 is 28.0. The summed E-state index contributed by atoms with van der Waals surface area (Å²) in [7, 11) is -3.08. The molecule has 1 fully saturated rings. The smallest absolute Gasteiger partial charge is 0.339 e. The number of amides is 1. The Labute approximate surface area is 171 Å². The number of thiazole rings is 1. The molecule has 0 saturated carbocycles. The maximum absolute atomic E-state index is 12.4. The largest absolute Gasteiger partial charge is 0.452 e. The van der Waals surface area contributed by atoms with Gasteiger partial charge in [-0.3, -0.25) is 4.79 Å². The third-order valence-electron chi connectivity index (χ3n) is 4.08. The zero-order valence-electron chi connectivity index (χ0n) is 15.2. The summed E-state index contributed by atoms with van der Waals surface area (Å²) in [6.07, 6.45) is 0.386. The van der Waals surface area contributed by atoms with Gasteiger partial charge in [0.1, 0.15) is 0 Å². The Morgan fingerprint density at radius 1 is 1.36 bits per heavy atom. The number of nitrogens with zero attached hydrogens (tertiary/aromatic N) is 1. The quantitative estimate of drug-likeness (QED) is 0.520. The summed E-state index contributed by atoms with van der Waals surface area (Å²) in [5.41, 5.74) is 1.33. The van der Waals surface area contributed by atoms with Crippen LogP contribution < -0.4 is 5.32 Å². The molecule has 150 valence electrons. The summed E-state index contributed by atoms with van der Waals surface area (Å²) in [4.78, 5) is 29.5. The van der Waals surface area contributed by atoms with Gasteiger partial charge < -0.3 is 10.1 Å². The molecule has 7 nitrogen and oxygen atoms in total. The number of carbonyl (C=O) groups is 2. The SMILES string of the molecule is Cc1nc(CSc2ccccc2C(=O)OCC(=O)NC2CCS(=O)(=O)C2)cs1. The van der Waals surface area contributed by atoms with Gasteiger partial charge >= 0.3 is 5.97 Å². The van der Waals surface area contributed by atoms with E-state index in [9.17, 15) is 18.0 Å². The standard InChI is InChI=1S/C18H20N2O5S3/c1-12-19-14(9-26-12)10-27-16-5-3-2-4-15(16)18(22)25-8-17(21)20-13-6-7-28(23,24)11-13/h2-5,9,13H,6-8,10-11H2,1H3,(H,20,21). The lowest BCUT2D eigenvalue weighted by atomic mass is 10.2. The van der Waals surface area contributed by atoms with Crippen LogP contribution in [0.2, 0.25) is 0 Å². The average molecular weight is 441 g/mol. The molecular weight excluding hydrogens is 420 g/mol. The van der Waals surface area contributed by atoms with Crippen molar-refractivity contribution in [2.45, 2.75) is 30.0 Å². The van der Waals surface area contributed by atoms with Crippen molar-refractivity contribution in [2.24, 2.45) is 0 Å². The van der Waals surface area contributed by atoms with Crippen LogP contribution >= 0.6 is 23.1 Å². The van der Waals surface area contributed by atoms with Gasteiger partial charge in [0.15, 0.2) is 16.4 Å². The first kappa shape index (κ1) is 20.8. The number of nitrogens with one attached hydrogen (secondary N) is 1. The Hall–Kier alpha value is -1.91. The highest BCUT2D eigenvalue weighted by atomic mass is 32.2. The molecule has 10 heteroatoms. The van der Waals surface area contributed by atoms with Crippen molar-refractivity contribution in [1.29, 1.82) is 0 Å². The molecule has 0 aliphatic carbocycles. The topological polar surface area (TPSA) is 102 Å². The number of hydrogen-bond donors (Lipinski definition) is 1. The van der Waals surface area contributed by atoms with Crippen molar-refractivity contribution in [3.8, 4) is 0 Å². The summed E-state index contributed by atoms with van der Waals surface area (Å²) in [5.74, 6) is -0.459. The van der Waals surface area contributed by atoms with E-state index in [1.165, 1.54) is 11.8 Å². The molecule has 0 bridgehead atoms. The molecule has 0 radical (unpaired) electrons. The van der Waals surface area contributed by atoms with Crippen LogP contribution in [0.1, 0.15) is 27.5 Å². The first-order valence-electron chi connectivity index (χ1n) is 8.62. The minimum absolute atomic E-state index is 0.0672. The number of carbonyl (C=O) groups excluding carboxylic acids is 2. The number of benzene rings is 1. The highest BCUT2D eigenvalue weighted by molar-refractivity contribution is 7.98. The monoisotopic (exact) mass is 440 g/mol. The van der Waals surface area contributed by atoms with E-state index in [1.54, 1.807) is 23.5 Å². The number of sulfone groups is 1. The number of thioether (sulfide) groups is 1. The van der Waals surface area contributed by atoms with Crippen LogP contribution in [0.5, 0.6) is 0 Å². The molecule has 1 aromatic carbocycles. The number of aromatic nitrogens is 1. The third-order valence-corrected chi connectivity index (χ3v) is 7.78. The van der Waals surface area contributed by atoms with Crippen LogP contribution in [0.3, 0.4) is 0 Å². The minimum Gasteiger partial charge on any atom is -0.452 e. The van der Waals surface area contributed by atoms with Crippen molar-refractivity contribution in [1.82, 2.24) is 10.3 Å². The maximum Gasteiger partial charge on any atom is 0.339 e.